The number of hydrogen-bond donors (Lipinski definition) is 1. The van der Waals surface area contributed by atoms with E-state index in [9.17, 15) is 9.65 Å². The highest BCUT2D eigenvalue weighted by molar-refractivity contribution is 5.74. The Labute approximate surface area is 221 Å². The maximum atomic E-state index is 14.7. The summed E-state index contributed by atoms with van der Waals surface area (Å²) in [7, 11) is 0. The predicted molar refractivity (Wildman–Crippen MR) is 141 cm³/mol. The van der Waals surface area contributed by atoms with Gasteiger partial charge in [-0.15, -0.1) is 0 Å². The second kappa shape index (κ2) is 8.38. The molecule has 4 aliphatic rings. The largest absolute Gasteiger partial charge is 0.370 e. The molecule has 6 heterocycles. The van der Waals surface area contributed by atoms with Crippen LogP contribution in [0.25, 0.3) is 5.52 Å². The number of aromatic nitrogens is 2. The van der Waals surface area contributed by atoms with E-state index in [1.54, 1.807) is 6.07 Å². The quantitative estimate of drug-likeness (QED) is 0.563. The van der Waals surface area contributed by atoms with E-state index < -0.39 is 5.82 Å². The Balaban J connectivity index is 1.03. The molecule has 0 saturated carbocycles. The molecular weight excluding hydrogens is 485 g/mol. The molecule has 0 amide bonds. The van der Waals surface area contributed by atoms with E-state index in [2.05, 4.69) is 51.0 Å². The number of nitrogens with two attached hydrogens (primary N) is 1. The van der Waals surface area contributed by atoms with Gasteiger partial charge in [-0.2, -0.15) is 10.4 Å². The molecule has 4 aliphatic heterocycles. The monoisotopic (exact) mass is 517 g/mol. The van der Waals surface area contributed by atoms with Gasteiger partial charge in [0.25, 0.3) is 0 Å². The summed E-state index contributed by atoms with van der Waals surface area (Å²) < 4.78 is 28.7. The molecule has 0 aliphatic carbocycles. The number of likely N-dealkylation sites (tertiary alicyclic amines) is 1. The van der Waals surface area contributed by atoms with Crippen molar-refractivity contribution in [1.82, 2.24) is 14.5 Å². The fourth-order valence-corrected chi connectivity index (χ4v) is 6.73. The SMILES string of the molecule is C[C@@H]1CN(c2ccc(C#N)n3ncc(F)c23)C[C@H](CN2CC3(C2)OCc2cc(N4CC(C)(N)C4)ccc23)O1. The third-order valence-corrected chi connectivity index (χ3v) is 8.35. The van der Waals surface area contributed by atoms with E-state index in [1.165, 1.54) is 27.5 Å². The number of benzene rings is 1. The highest BCUT2D eigenvalue weighted by atomic mass is 19.1. The lowest BCUT2D eigenvalue weighted by Gasteiger charge is -2.50. The highest BCUT2D eigenvalue weighted by Crippen LogP contribution is 2.45. The maximum Gasteiger partial charge on any atom is 0.171 e. The van der Waals surface area contributed by atoms with Gasteiger partial charge >= 0.3 is 0 Å². The van der Waals surface area contributed by atoms with Crippen molar-refractivity contribution < 1.29 is 13.9 Å². The molecule has 3 saturated heterocycles. The third kappa shape index (κ3) is 3.76. The van der Waals surface area contributed by atoms with Gasteiger partial charge in [0.2, 0.25) is 0 Å². The number of anilines is 2. The van der Waals surface area contributed by atoms with Crippen molar-refractivity contribution in [2.24, 2.45) is 5.73 Å². The van der Waals surface area contributed by atoms with Gasteiger partial charge in [-0.1, -0.05) is 6.07 Å². The van der Waals surface area contributed by atoms with E-state index in [0.717, 1.165) is 38.4 Å². The summed E-state index contributed by atoms with van der Waals surface area (Å²) in [5, 5.41) is 13.5. The lowest BCUT2D eigenvalue weighted by atomic mass is 9.84. The standard InChI is InChI=1S/C28H32FN7O2/c1-18-10-34(25-6-4-21(8-30)36-26(25)24(29)9-32-36)12-22(38-18)11-33-16-28(17-33)23-5-3-20(7-19(23)13-37-28)35-14-27(2,31)15-35/h3-7,9,18,22H,10-17,31H2,1-2H3/t18-,22+/m1/s1. The van der Waals surface area contributed by atoms with Gasteiger partial charge in [0.1, 0.15) is 22.9 Å². The van der Waals surface area contributed by atoms with Gasteiger partial charge in [0.15, 0.2) is 5.82 Å². The first-order valence-corrected chi connectivity index (χ1v) is 13.2. The van der Waals surface area contributed by atoms with Crippen LogP contribution in [0.15, 0.2) is 36.5 Å². The van der Waals surface area contributed by atoms with Crippen molar-refractivity contribution in [3.8, 4) is 6.07 Å². The van der Waals surface area contributed by atoms with Crippen molar-refractivity contribution in [2.75, 3.05) is 55.6 Å². The van der Waals surface area contributed by atoms with Crippen molar-refractivity contribution in [1.29, 1.82) is 5.26 Å². The molecule has 198 valence electrons. The van der Waals surface area contributed by atoms with E-state index in [-0.39, 0.29) is 23.3 Å². The average molecular weight is 518 g/mol. The van der Waals surface area contributed by atoms with Gasteiger partial charge in [0, 0.05) is 57.0 Å². The smallest absolute Gasteiger partial charge is 0.171 e. The first-order valence-electron chi connectivity index (χ1n) is 13.2. The minimum atomic E-state index is -0.427. The molecule has 7 rings (SSSR count). The molecule has 2 aromatic heterocycles. The molecule has 0 radical (unpaired) electrons. The van der Waals surface area contributed by atoms with Crippen molar-refractivity contribution in [2.45, 2.75) is 43.8 Å². The number of pyridine rings is 1. The Morgan fingerprint density at radius 2 is 1.97 bits per heavy atom. The van der Waals surface area contributed by atoms with E-state index >= 15 is 0 Å². The lowest BCUT2D eigenvalue weighted by Crippen LogP contribution is -2.65. The first-order chi connectivity index (χ1) is 18.2. The molecule has 2 atom stereocenters. The van der Waals surface area contributed by atoms with E-state index in [4.69, 9.17) is 15.2 Å². The Morgan fingerprint density at radius 1 is 1.16 bits per heavy atom. The van der Waals surface area contributed by atoms with Gasteiger partial charge in [0.05, 0.1) is 30.7 Å². The molecule has 3 aromatic rings. The zero-order valence-corrected chi connectivity index (χ0v) is 21.7. The molecule has 1 spiro atoms. The summed E-state index contributed by atoms with van der Waals surface area (Å²) in [6, 6.07) is 12.3. The molecule has 1 aromatic carbocycles. The van der Waals surface area contributed by atoms with Crippen molar-refractivity contribution >= 4 is 16.9 Å². The molecule has 10 heteroatoms. The predicted octanol–water partition coefficient (Wildman–Crippen LogP) is 2.22. The van der Waals surface area contributed by atoms with Gasteiger partial charge in [-0.05, 0) is 49.2 Å². The lowest BCUT2D eigenvalue weighted by molar-refractivity contribution is -0.155. The first kappa shape index (κ1) is 23.9. The molecular formula is C28H32FN7O2. The van der Waals surface area contributed by atoms with Crippen LogP contribution in [0.1, 0.15) is 30.7 Å². The Kier molecular flexibility index (Phi) is 5.26. The molecule has 38 heavy (non-hydrogen) atoms. The molecule has 0 bridgehead atoms. The van der Waals surface area contributed by atoms with Gasteiger partial charge in [-0.25, -0.2) is 8.91 Å². The Morgan fingerprint density at radius 3 is 2.74 bits per heavy atom. The fraction of sp³-hybridized carbons (Fsp3) is 0.500. The molecule has 3 fully saturated rings. The van der Waals surface area contributed by atoms with Crippen molar-refractivity contribution in [3.63, 3.8) is 0 Å². The van der Waals surface area contributed by atoms with Crippen LogP contribution in [0.4, 0.5) is 15.8 Å². The van der Waals surface area contributed by atoms with Gasteiger partial charge < -0.3 is 25.0 Å². The van der Waals surface area contributed by atoms with Gasteiger partial charge in [-0.3, -0.25) is 4.90 Å². The molecule has 9 nitrogen and oxygen atoms in total. The summed E-state index contributed by atoms with van der Waals surface area (Å²) in [6.45, 7) is 10.2. The number of nitrogens with zero attached hydrogens (tertiary/aromatic N) is 6. The number of rotatable bonds is 4. The van der Waals surface area contributed by atoms with Crippen LogP contribution < -0.4 is 15.5 Å². The fourth-order valence-electron chi connectivity index (χ4n) is 6.73. The van der Waals surface area contributed by atoms with E-state index in [0.29, 0.717) is 30.9 Å². The second-order valence-corrected chi connectivity index (χ2v) is 11.7. The number of halogens is 1. The summed E-state index contributed by atoms with van der Waals surface area (Å²) >= 11 is 0. The summed E-state index contributed by atoms with van der Waals surface area (Å²) in [5.41, 5.74) is 11.0. The highest BCUT2D eigenvalue weighted by Gasteiger charge is 2.50. The minimum absolute atomic E-state index is 0.00979. The number of fused-ring (bicyclic) bond motifs is 3. The summed E-state index contributed by atoms with van der Waals surface area (Å²) in [4.78, 5) is 6.86. The topological polar surface area (TPSA) is 95.3 Å². The third-order valence-electron chi connectivity index (χ3n) is 8.35. The van der Waals surface area contributed by atoms with Crippen LogP contribution in [-0.2, 0) is 21.7 Å². The zero-order chi connectivity index (χ0) is 26.2. The van der Waals surface area contributed by atoms with Crippen molar-refractivity contribution in [3.05, 3.63) is 59.2 Å². The number of morpholine rings is 1. The molecule has 0 unspecified atom stereocenters. The molecule has 2 N–H and O–H groups in total. The van der Waals surface area contributed by atoms with Crippen LogP contribution in [-0.4, -0.2) is 78.1 Å². The van der Waals surface area contributed by atoms with Crippen LogP contribution in [0.3, 0.4) is 0 Å². The van der Waals surface area contributed by atoms with Crippen LogP contribution in [0, 0.1) is 17.1 Å². The zero-order valence-electron chi connectivity index (χ0n) is 21.7. The second-order valence-electron chi connectivity index (χ2n) is 11.7. The number of ether oxygens (including phenoxy) is 2. The Hall–Kier alpha value is -3.23. The van der Waals surface area contributed by atoms with E-state index in [1.807, 2.05) is 13.0 Å². The normalized spacial score (nSPS) is 25.8. The summed E-state index contributed by atoms with van der Waals surface area (Å²) in [6.07, 6.45) is 1.13. The Bertz CT molecular complexity index is 1450. The number of hydrogen-bond acceptors (Lipinski definition) is 8. The van der Waals surface area contributed by atoms with Crippen LogP contribution >= 0.6 is 0 Å². The minimum Gasteiger partial charge on any atom is -0.370 e. The van der Waals surface area contributed by atoms with Crippen LogP contribution in [0.2, 0.25) is 0 Å². The average Bonchev–Trinajstić information content (AvgIpc) is 3.42. The maximum absolute atomic E-state index is 14.7. The number of nitriles is 1. The van der Waals surface area contributed by atoms with Crippen LogP contribution in [0.5, 0.6) is 0 Å². The summed E-state index contributed by atoms with van der Waals surface area (Å²) in [5.74, 6) is -0.427.